The maximum absolute atomic E-state index is 13.3. The van der Waals surface area contributed by atoms with E-state index in [0.717, 1.165) is 5.56 Å². The van der Waals surface area contributed by atoms with E-state index in [1.807, 2.05) is 19.9 Å². The third kappa shape index (κ3) is 4.16. The number of amides is 2. The molecule has 168 valence electrons. The quantitative estimate of drug-likeness (QED) is 0.451. The van der Waals surface area contributed by atoms with E-state index in [0.29, 0.717) is 11.3 Å². The molecule has 1 aliphatic heterocycles. The zero-order chi connectivity index (χ0) is 23.5. The van der Waals surface area contributed by atoms with Crippen LogP contribution < -0.4 is 10.6 Å². The van der Waals surface area contributed by atoms with Gasteiger partial charge in [-0.2, -0.15) is 0 Å². The molecule has 2 aromatic rings. The molecule has 2 amide bonds. The van der Waals surface area contributed by atoms with Crippen LogP contribution in [0.5, 0.6) is 0 Å². The van der Waals surface area contributed by atoms with Crippen molar-refractivity contribution >= 4 is 23.5 Å². The Balaban J connectivity index is 1.90. The van der Waals surface area contributed by atoms with Crippen LogP contribution >= 0.6 is 0 Å². The van der Waals surface area contributed by atoms with Crippen LogP contribution in [0.2, 0.25) is 0 Å². The lowest BCUT2D eigenvalue weighted by atomic mass is 9.59. The highest BCUT2D eigenvalue weighted by Gasteiger charge is 2.57. The lowest BCUT2D eigenvalue weighted by molar-refractivity contribution is -0.145. The third-order valence-electron chi connectivity index (χ3n) is 6.33. The molecule has 7 heteroatoms. The number of anilines is 1. The molecule has 0 saturated heterocycles. The smallest absolute Gasteiger partial charge is 0.326 e. The minimum atomic E-state index is -1.42. The third-order valence-corrected chi connectivity index (χ3v) is 6.33. The first-order valence-electron chi connectivity index (χ1n) is 10.4. The molecule has 1 aliphatic rings. The lowest BCUT2D eigenvalue weighted by Crippen LogP contribution is -2.55. The highest BCUT2D eigenvalue weighted by Crippen LogP contribution is 2.52. The molecule has 2 aromatic carbocycles. The number of carboxylic acid groups (broad SMARTS) is 1. The van der Waals surface area contributed by atoms with Gasteiger partial charge in [-0.15, -0.1) is 6.58 Å². The number of aliphatic hydroxyl groups is 1. The lowest BCUT2D eigenvalue weighted by Gasteiger charge is -2.42. The standard InChI is InChI=1S/C25H28N2O5/c1-4-24(2,3)25(17-12-8-9-13-18(17)27-23(25)32)15-19(22(30)31)26-21(29)20(28)14-16-10-6-5-7-11-16/h4-13,19-20,28H,1,14-15H2,2-3H3,(H,26,29)(H,27,32)(H,30,31). The molecular weight excluding hydrogens is 408 g/mol. The average molecular weight is 437 g/mol. The summed E-state index contributed by atoms with van der Waals surface area (Å²) >= 11 is 0. The number of carbonyl (C=O) groups excluding carboxylic acids is 2. The number of aliphatic carboxylic acids is 1. The number of hydrogen-bond acceptors (Lipinski definition) is 4. The summed E-state index contributed by atoms with van der Waals surface area (Å²) in [6, 6.07) is 14.6. The summed E-state index contributed by atoms with van der Waals surface area (Å²) in [7, 11) is 0. The number of nitrogens with one attached hydrogen (secondary N) is 2. The van der Waals surface area contributed by atoms with Gasteiger partial charge in [0.25, 0.3) is 0 Å². The summed E-state index contributed by atoms with van der Waals surface area (Å²) in [5.74, 6) is -2.45. The van der Waals surface area contributed by atoms with Gasteiger partial charge in [-0.25, -0.2) is 4.79 Å². The van der Waals surface area contributed by atoms with Gasteiger partial charge in [-0.05, 0) is 23.6 Å². The van der Waals surface area contributed by atoms with E-state index in [1.54, 1.807) is 54.6 Å². The Morgan fingerprint density at radius 2 is 1.78 bits per heavy atom. The van der Waals surface area contributed by atoms with Gasteiger partial charge in [0.1, 0.15) is 12.1 Å². The van der Waals surface area contributed by atoms with E-state index in [2.05, 4.69) is 17.2 Å². The summed E-state index contributed by atoms with van der Waals surface area (Å²) in [5, 5.41) is 25.5. The zero-order valence-corrected chi connectivity index (χ0v) is 18.2. The van der Waals surface area contributed by atoms with E-state index < -0.39 is 34.9 Å². The number of benzene rings is 2. The van der Waals surface area contributed by atoms with Crippen LogP contribution in [-0.4, -0.2) is 40.1 Å². The summed E-state index contributed by atoms with van der Waals surface area (Å²) in [6.45, 7) is 7.49. The molecule has 7 nitrogen and oxygen atoms in total. The van der Waals surface area contributed by atoms with Crippen molar-refractivity contribution in [2.24, 2.45) is 5.41 Å². The normalized spacial score (nSPS) is 19.4. The zero-order valence-electron chi connectivity index (χ0n) is 18.2. The molecule has 0 bridgehead atoms. The Bertz CT molecular complexity index is 1030. The number of fused-ring (bicyclic) bond motifs is 1. The Kier molecular flexibility index (Phi) is 6.50. The fourth-order valence-electron chi connectivity index (χ4n) is 4.30. The molecule has 3 rings (SSSR count). The van der Waals surface area contributed by atoms with Crippen LogP contribution in [0.25, 0.3) is 0 Å². The van der Waals surface area contributed by atoms with Crippen LogP contribution in [0.3, 0.4) is 0 Å². The van der Waals surface area contributed by atoms with Gasteiger partial charge >= 0.3 is 5.97 Å². The van der Waals surface area contributed by atoms with Gasteiger partial charge in [0.2, 0.25) is 11.8 Å². The second-order valence-corrected chi connectivity index (χ2v) is 8.64. The average Bonchev–Trinajstić information content (AvgIpc) is 3.06. The first kappa shape index (κ1) is 23.2. The van der Waals surface area contributed by atoms with Crippen molar-refractivity contribution < 1.29 is 24.6 Å². The van der Waals surface area contributed by atoms with Gasteiger partial charge in [0, 0.05) is 17.5 Å². The Morgan fingerprint density at radius 3 is 2.41 bits per heavy atom. The van der Waals surface area contributed by atoms with Gasteiger partial charge in [-0.1, -0.05) is 68.5 Å². The van der Waals surface area contributed by atoms with Crippen LogP contribution in [0, 0.1) is 5.41 Å². The summed E-state index contributed by atoms with van der Waals surface area (Å²) in [6.07, 6.45) is 0.0477. The van der Waals surface area contributed by atoms with Gasteiger partial charge in [-0.3, -0.25) is 9.59 Å². The first-order valence-corrected chi connectivity index (χ1v) is 10.4. The van der Waals surface area contributed by atoms with E-state index in [4.69, 9.17) is 0 Å². The fraction of sp³-hybridized carbons (Fsp3) is 0.320. The number of aliphatic hydroxyl groups excluding tert-OH is 1. The predicted molar refractivity (Wildman–Crippen MR) is 121 cm³/mol. The van der Waals surface area contributed by atoms with Crippen LogP contribution in [0.4, 0.5) is 5.69 Å². The predicted octanol–water partition coefficient (Wildman–Crippen LogP) is 2.65. The van der Waals surface area contributed by atoms with Crippen LogP contribution in [-0.2, 0) is 26.2 Å². The highest BCUT2D eigenvalue weighted by molar-refractivity contribution is 6.07. The van der Waals surface area contributed by atoms with Crippen molar-refractivity contribution in [3.8, 4) is 0 Å². The second kappa shape index (κ2) is 8.96. The van der Waals surface area contributed by atoms with Crippen molar-refractivity contribution in [2.75, 3.05) is 5.32 Å². The van der Waals surface area contributed by atoms with Gasteiger partial charge < -0.3 is 20.8 Å². The number of allylic oxidation sites excluding steroid dienone is 1. The first-order chi connectivity index (χ1) is 15.1. The minimum absolute atomic E-state index is 0.0472. The van der Waals surface area contributed by atoms with Gasteiger partial charge in [0.05, 0.1) is 5.41 Å². The Hall–Kier alpha value is -3.45. The summed E-state index contributed by atoms with van der Waals surface area (Å²) in [5.41, 5.74) is -0.0979. The molecule has 3 atom stereocenters. The molecule has 4 N–H and O–H groups in total. The molecule has 0 fully saturated rings. The molecule has 1 heterocycles. The molecule has 0 aromatic heterocycles. The minimum Gasteiger partial charge on any atom is -0.480 e. The summed E-state index contributed by atoms with van der Waals surface area (Å²) < 4.78 is 0. The molecule has 0 radical (unpaired) electrons. The van der Waals surface area contributed by atoms with Crippen molar-refractivity contribution in [1.82, 2.24) is 5.32 Å². The van der Waals surface area contributed by atoms with Crippen molar-refractivity contribution in [3.63, 3.8) is 0 Å². The molecule has 0 aliphatic carbocycles. The highest BCUT2D eigenvalue weighted by atomic mass is 16.4. The number of carbonyl (C=O) groups is 3. The Labute approximate surface area is 187 Å². The number of carboxylic acids is 1. The van der Waals surface area contributed by atoms with Gasteiger partial charge in [0.15, 0.2) is 0 Å². The molecule has 0 spiro atoms. The maximum atomic E-state index is 13.3. The van der Waals surface area contributed by atoms with Crippen molar-refractivity contribution in [3.05, 3.63) is 78.4 Å². The molecular formula is C25H28N2O5. The largest absolute Gasteiger partial charge is 0.480 e. The van der Waals surface area contributed by atoms with Crippen LogP contribution in [0.15, 0.2) is 67.3 Å². The summed E-state index contributed by atoms with van der Waals surface area (Å²) in [4.78, 5) is 38.0. The SMILES string of the molecule is C=CC(C)(C)C1(CC(NC(=O)C(O)Cc2ccccc2)C(=O)O)C(=O)Nc2ccccc21. The van der Waals surface area contributed by atoms with E-state index in [-0.39, 0.29) is 18.7 Å². The maximum Gasteiger partial charge on any atom is 0.326 e. The number of hydrogen-bond donors (Lipinski definition) is 4. The van der Waals surface area contributed by atoms with Crippen molar-refractivity contribution in [1.29, 1.82) is 0 Å². The monoisotopic (exact) mass is 436 g/mol. The number of para-hydroxylation sites is 1. The fourth-order valence-corrected chi connectivity index (χ4v) is 4.30. The molecule has 0 saturated carbocycles. The topological polar surface area (TPSA) is 116 Å². The Morgan fingerprint density at radius 1 is 1.16 bits per heavy atom. The molecule has 3 unspecified atom stereocenters. The van der Waals surface area contributed by atoms with E-state index in [1.165, 1.54) is 0 Å². The van der Waals surface area contributed by atoms with E-state index in [9.17, 15) is 24.6 Å². The van der Waals surface area contributed by atoms with Crippen LogP contribution in [0.1, 0.15) is 31.4 Å². The second-order valence-electron chi connectivity index (χ2n) is 8.64. The number of rotatable bonds is 9. The molecule has 32 heavy (non-hydrogen) atoms. The van der Waals surface area contributed by atoms with E-state index >= 15 is 0 Å². The van der Waals surface area contributed by atoms with Crippen molar-refractivity contribution in [2.45, 2.75) is 44.2 Å².